The van der Waals surface area contributed by atoms with Crippen molar-refractivity contribution in [3.8, 4) is 5.88 Å². The maximum atomic E-state index is 11.6. The molecule has 0 unspecified atom stereocenters. The van der Waals surface area contributed by atoms with E-state index in [9.17, 15) is 4.79 Å². The minimum Gasteiger partial charge on any atom is -0.481 e. The number of amides is 1. The molecule has 0 fully saturated rings. The van der Waals surface area contributed by atoms with Gasteiger partial charge in [-0.15, -0.1) is 24.0 Å². The van der Waals surface area contributed by atoms with E-state index in [1.807, 2.05) is 33.8 Å². The van der Waals surface area contributed by atoms with Gasteiger partial charge in [0.2, 0.25) is 5.88 Å². The number of aromatic nitrogens is 1. The minimum atomic E-state index is -0.500. The molecule has 1 amide bonds. The molecule has 1 aromatic heterocycles. The van der Waals surface area contributed by atoms with Gasteiger partial charge in [0.05, 0.1) is 13.7 Å². The Kier molecular flexibility index (Phi) is 11.7. The lowest BCUT2D eigenvalue weighted by Crippen LogP contribution is -2.42. The summed E-state index contributed by atoms with van der Waals surface area (Å²) in [4.78, 5) is 20.2. The zero-order valence-electron chi connectivity index (χ0n) is 16.1. The van der Waals surface area contributed by atoms with Crippen molar-refractivity contribution in [3.63, 3.8) is 0 Å². The SMILES string of the molecule is CCNC(=NCc1ccc(OC)nc1)NCCNC(=O)OC(C)(C)C.I. The first-order valence-corrected chi connectivity index (χ1v) is 8.32. The van der Waals surface area contributed by atoms with Crippen LogP contribution in [0.25, 0.3) is 0 Å². The lowest BCUT2D eigenvalue weighted by molar-refractivity contribution is 0.0529. The predicted octanol–water partition coefficient (Wildman–Crippen LogP) is 2.29. The molecule has 0 atom stereocenters. The van der Waals surface area contributed by atoms with Crippen LogP contribution in [0.5, 0.6) is 5.88 Å². The summed E-state index contributed by atoms with van der Waals surface area (Å²) < 4.78 is 10.2. The van der Waals surface area contributed by atoms with Crippen LogP contribution in [0.1, 0.15) is 33.3 Å². The number of aliphatic imine (C=N–C) groups is 1. The number of alkyl carbamates (subject to hydrolysis) is 1. The Morgan fingerprint density at radius 2 is 1.88 bits per heavy atom. The molecule has 1 rings (SSSR count). The third-order valence-electron chi connectivity index (χ3n) is 2.86. The van der Waals surface area contributed by atoms with Gasteiger partial charge in [-0.05, 0) is 33.3 Å². The fourth-order valence-corrected chi connectivity index (χ4v) is 1.80. The highest BCUT2D eigenvalue weighted by molar-refractivity contribution is 14.0. The van der Waals surface area contributed by atoms with Crippen LogP contribution in [-0.2, 0) is 11.3 Å². The zero-order chi connectivity index (χ0) is 18.7. The van der Waals surface area contributed by atoms with E-state index in [1.165, 1.54) is 0 Å². The first kappa shape index (κ1) is 24.2. The third-order valence-corrected chi connectivity index (χ3v) is 2.86. The zero-order valence-corrected chi connectivity index (χ0v) is 18.4. The molecule has 0 aliphatic heterocycles. The van der Waals surface area contributed by atoms with Crippen molar-refractivity contribution in [3.05, 3.63) is 23.9 Å². The second kappa shape index (κ2) is 12.6. The average Bonchev–Trinajstić information content (AvgIpc) is 2.55. The predicted molar refractivity (Wildman–Crippen MR) is 113 cm³/mol. The lowest BCUT2D eigenvalue weighted by atomic mass is 10.2. The summed E-state index contributed by atoms with van der Waals surface area (Å²) in [5.41, 5.74) is 0.477. The fraction of sp³-hybridized carbons (Fsp3) is 0.588. The number of rotatable bonds is 7. The molecule has 0 radical (unpaired) electrons. The average molecular weight is 479 g/mol. The van der Waals surface area contributed by atoms with Gasteiger partial charge in [0.1, 0.15) is 5.60 Å². The quantitative estimate of drug-likeness (QED) is 0.240. The summed E-state index contributed by atoms with van der Waals surface area (Å²) in [6.07, 6.45) is 1.30. The van der Waals surface area contributed by atoms with E-state index >= 15 is 0 Å². The first-order chi connectivity index (χ1) is 11.8. The lowest BCUT2D eigenvalue weighted by Gasteiger charge is -2.19. The van der Waals surface area contributed by atoms with Gasteiger partial charge in [-0.3, -0.25) is 0 Å². The maximum Gasteiger partial charge on any atom is 0.407 e. The number of nitrogens with zero attached hydrogens (tertiary/aromatic N) is 2. The van der Waals surface area contributed by atoms with Crippen LogP contribution in [-0.4, -0.2) is 49.4 Å². The van der Waals surface area contributed by atoms with Crippen molar-refractivity contribution in [2.45, 2.75) is 39.8 Å². The van der Waals surface area contributed by atoms with E-state index in [0.29, 0.717) is 31.5 Å². The molecule has 1 heterocycles. The summed E-state index contributed by atoms with van der Waals surface area (Å²) in [5, 5.41) is 9.00. The molecule has 26 heavy (non-hydrogen) atoms. The largest absolute Gasteiger partial charge is 0.481 e. The Hall–Kier alpha value is -1.78. The second-order valence-electron chi connectivity index (χ2n) is 6.26. The summed E-state index contributed by atoms with van der Waals surface area (Å²) in [5.74, 6) is 1.25. The Balaban J connectivity index is 0.00000625. The molecule has 9 heteroatoms. The van der Waals surface area contributed by atoms with Crippen molar-refractivity contribution < 1.29 is 14.3 Å². The number of ether oxygens (including phenoxy) is 2. The summed E-state index contributed by atoms with van der Waals surface area (Å²) in [6, 6.07) is 3.72. The van der Waals surface area contributed by atoms with E-state index in [4.69, 9.17) is 9.47 Å². The van der Waals surface area contributed by atoms with Gasteiger partial charge < -0.3 is 25.4 Å². The highest BCUT2D eigenvalue weighted by atomic mass is 127. The van der Waals surface area contributed by atoms with Crippen LogP contribution in [0.3, 0.4) is 0 Å². The molecule has 8 nitrogen and oxygen atoms in total. The number of hydrogen-bond donors (Lipinski definition) is 3. The van der Waals surface area contributed by atoms with Crippen LogP contribution in [0, 0.1) is 0 Å². The number of carbonyl (C=O) groups is 1. The fourth-order valence-electron chi connectivity index (χ4n) is 1.80. The van der Waals surface area contributed by atoms with Crippen LogP contribution >= 0.6 is 24.0 Å². The van der Waals surface area contributed by atoms with Crippen LogP contribution in [0.2, 0.25) is 0 Å². The molecule has 0 aliphatic carbocycles. The highest BCUT2D eigenvalue weighted by Gasteiger charge is 2.15. The van der Waals surface area contributed by atoms with Crippen LogP contribution in [0.15, 0.2) is 23.3 Å². The van der Waals surface area contributed by atoms with Gasteiger partial charge in [0, 0.05) is 31.9 Å². The van der Waals surface area contributed by atoms with E-state index in [0.717, 1.165) is 12.1 Å². The van der Waals surface area contributed by atoms with Crippen molar-refractivity contribution >= 4 is 36.0 Å². The van der Waals surface area contributed by atoms with Crippen molar-refractivity contribution in [2.75, 3.05) is 26.7 Å². The number of methoxy groups -OCH3 is 1. The summed E-state index contributed by atoms with van der Waals surface area (Å²) >= 11 is 0. The number of hydrogen-bond acceptors (Lipinski definition) is 5. The molecule has 0 aromatic carbocycles. The maximum absolute atomic E-state index is 11.6. The second-order valence-corrected chi connectivity index (χ2v) is 6.26. The van der Waals surface area contributed by atoms with Crippen LogP contribution < -0.4 is 20.7 Å². The highest BCUT2D eigenvalue weighted by Crippen LogP contribution is 2.07. The van der Waals surface area contributed by atoms with Crippen molar-refractivity contribution in [1.29, 1.82) is 0 Å². The number of carbonyl (C=O) groups excluding carboxylic acids is 1. The molecule has 0 bridgehead atoms. The molecule has 0 aliphatic rings. The molecule has 1 aromatic rings. The number of guanidine groups is 1. The molecular formula is C17H30IN5O3. The Bertz CT molecular complexity index is 559. The van der Waals surface area contributed by atoms with E-state index < -0.39 is 11.7 Å². The Labute approximate surface area is 172 Å². The van der Waals surface area contributed by atoms with Gasteiger partial charge in [0.15, 0.2) is 5.96 Å². The Morgan fingerprint density at radius 1 is 1.19 bits per heavy atom. The van der Waals surface area contributed by atoms with Crippen molar-refractivity contribution in [1.82, 2.24) is 20.9 Å². The van der Waals surface area contributed by atoms with Gasteiger partial charge in [-0.2, -0.15) is 0 Å². The molecule has 3 N–H and O–H groups in total. The molecule has 148 valence electrons. The molecule has 0 saturated carbocycles. The van der Waals surface area contributed by atoms with Gasteiger partial charge >= 0.3 is 6.09 Å². The number of pyridine rings is 1. The topological polar surface area (TPSA) is 96.9 Å². The monoisotopic (exact) mass is 479 g/mol. The smallest absolute Gasteiger partial charge is 0.407 e. The van der Waals surface area contributed by atoms with Gasteiger partial charge in [-0.1, -0.05) is 6.07 Å². The molecular weight excluding hydrogens is 449 g/mol. The number of halogens is 1. The summed E-state index contributed by atoms with van der Waals surface area (Å²) in [6.45, 7) is 9.68. The van der Waals surface area contributed by atoms with Gasteiger partial charge in [0.25, 0.3) is 0 Å². The minimum absolute atomic E-state index is 0. The first-order valence-electron chi connectivity index (χ1n) is 8.32. The van der Waals surface area contributed by atoms with Gasteiger partial charge in [-0.25, -0.2) is 14.8 Å². The number of nitrogens with one attached hydrogen (secondary N) is 3. The van der Waals surface area contributed by atoms with E-state index in [2.05, 4.69) is 25.9 Å². The Morgan fingerprint density at radius 3 is 2.42 bits per heavy atom. The van der Waals surface area contributed by atoms with Crippen molar-refractivity contribution in [2.24, 2.45) is 4.99 Å². The molecule has 0 saturated heterocycles. The standard InChI is InChI=1S/C17H29N5O3.HI/c1-6-18-15(19-9-10-20-16(23)25-17(2,3)4)22-12-13-7-8-14(24-5)21-11-13;/h7-8,11H,6,9-10,12H2,1-5H3,(H,20,23)(H2,18,19,22);1H. The van der Waals surface area contributed by atoms with E-state index in [-0.39, 0.29) is 24.0 Å². The normalized spacial score (nSPS) is 11.2. The van der Waals surface area contributed by atoms with Crippen LogP contribution in [0.4, 0.5) is 4.79 Å². The third kappa shape index (κ3) is 11.0. The molecule has 0 spiro atoms. The van der Waals surface area contributed by atoms with E-state index in [1.54, 1.807) is 19.4 Å². The summed E-state index contributed by atoms with van der Waals surface area (Å²) in [7, 11) is 1.58.